The number of ketones is 1. The molecule has 0 amide bonds. The highest BCUT2D eigenvalue weighted by molar-refractivity contribution is 6.30. The van der Waals surface area contributed by atoms with Gasteiger partial charge in [0.1, 0.15) is 0 Å². The first-order valence-corrected chi connectivity index (χ1v) is 7.14. The summed E-state index contributed by atoms with van der Waals surface area (Å²) in [6.45, 7) is 4.26. The summed E-state index contributed by atoms with van der Waals surface area (Å²) in [7, 11) is 0. The van der Waals surface area contributed by atoms with E-state index in [2.05, 4.69) is 11.8 Å². The molecule has 1 aromatic carbocycles. The summed E-state index contributed by atoms with van der Waals surface area (Å²) in [6.07, 6.45) is 4.42. The molecule has 0 saturated carbocycles. The van der Waals surface area contributed by atoms with Crippen molar-refractivity contribution in [3.05, 3.63) is 34.9 Å². The summed E-state index contributed by atoms with van der Waals surface area (Å²) in [4.78, 5) is 14.9. The smallest absolute Gasteiger partial charge is 0.179 e. The Morgan fingerprint density at radius 3 is 2.37 bits per heavy atom. The minimum absolute atomic E-state index is 0. The molecule has 0 spiro atoms. The van der Waals surface area contributed by atoms with Gasteiger partial charge in [-0.05, 0) is 56.6 Å². The number of hydrogen-bond acceptors (Lipinski definition) is 2. The fourth-order valence-electron chi connectivity index (χ4n) is 2.61. The largest absolute Gasteiger partial charge is 0.293 e. The molecule has 0 radical (unpaired) electrons. The zero-order valence-electron chi connectivity index (χ0n) is 11.3. The molecule has 1 fully saturated rings. The monoisotopic (exact) mass is 301 g/mol. The van der Waals surface area contributed by atoms with Gasteiger partial charge >= 0.3 is 0 Å². The van der Waals surface area contributed by atoms with Gasteiger partial charge in [-0.25, -0.2) is 0 Å². The Balaban J connectivity index is 0.00000180. The topological polar surface area (TPSA) is 20.3 Å². The summed E-state index contributed by atoms with van der Waals surface area (Å²) in [5.41, 5.74) is 0.782. The average molecular weight is 302 g/mol. The predicted molar refractivity (Wildman–Crippen MR) is 82.5 cm³/mol. The molecule has 19 heavy (non-hydrogen) atoms. The van der Waals surface area contributed by atoms with Crippen LogP contribution in [0.25, 0.3) is 0 Å². The molecule has 0 aromatic heterocycles. The van der Waals surface area contributed by atoms with Crippen molar-refractivity contribution < 1.29 is 4.79 Å². The van der Waals surface area contributed by atoms with Gasteiger partial charge in [-0.15, -0.1) is 12.4 Å². The van der Waals surface area contributed by atoms with E-state index in [1.54, 1.807) is 12.1 Å². The van der Waals surface area contributed by atoms with Gasteiger partial charge in [-0.2, -0.15) is 0 Å². The van der Waals surface area contributed by atoms with E-state index >= 15 is 0 Å². The number of hydrogen-bond donors (Lipinski definition) is 0. The molecule has 2 nitrogen and oxygen atoms in total. The van der Waals surface area contributed by atoms with Crippen LogP contribution in [0.4, 0.5) is 0 Å². The predicted octanol–water partition coefficient (Wildman–Crippen LogP) is 4.21. The van der Waals surface area contributed by atoms with Crippen molar-refractivity contribution in [1.82, 2.24) is 4.90 Å². The number of rotatable bonds is 5. The number of benzene rings is 1. The third kappa shape index (κ3) is 4.20. The van der Waals surface area contributed by atoms with Crippen molar-refractivity contribution in [3.63, 3.8) is 0 Å². The number of halogens is 2. The molecule has 0 unspecified atom stereocenters. The highest BCUT2D eigenvalue weighted by Crippen LogP contribution is 2.20. The van der Waals surface area contributed by atoms with Crippen molar-refractivity contribution in [2.45, 2.75) is 38.6 Å². The van der Waals surface area contributed by atoms with Crippen LogP contribution < -0.4 is 0 Å². The third-order valence-electron chi connectivity index (χ3n) is 3.57. The van der Waals surface area contributed by atoms with Crippen LogP contribution in [0.15, 0.2) is 24.3 Å². The average Bonchev–Trinajstić information content (AvgIpc) is 2.90. The van der Waals surface area contributed by atoms with Gasteiger partial charge in [0.15, 0.2) is 5.78 Å². The van der Waals surface area contributed by atoms with Crippen LogP contribution in [0.1, 0.15) is 43.0 Å². The second-order valence-corrected chi connectivity index (χ2v) is 5.36. The second-order valence-electron chi connectivity index (χ2n) is 4.92. The summed E-state index contributed by atoms with van der Waals surface area (Å²) < 4.78 is 0. The lowest BCUT2D eigenvalue weighted by Gasteiger charge is -2.26. The van der Waals surface area contributed by atoms with Crippen molar-refractivity contribution >= 4 is 29.8 Å². The molecular weight excluding hydrogens is 281 g/mol. The number of carbonyl (C=O) groups excluding carboxylic acids is 1. The van der Waals surface area contributed by atoms with E-state index in [4.69, 9.17) is 11.6 Å². The quantitative estimate of drug-likeness (QED) is 0.759. The SMILES string of the molecule is CCC[C@H](C(=O)c1ccc(Cl)cc1)N1CCCC1.Cl. The fraction of sp³-hybridized carbons (Fsp3) is 0.533. The lowest BCUT2D eigenvalue weighted by molar-refractivity contribution is 0.0837. The van der Waals surface area contributed by atoms with E-state index in [1.807, 2.05) is 12.1 Å². The minimum atomic E-state index is 0. The Morgan fingerprint density at radius 2 is 1.84 bits per heavy atom. The lowest BCUT2D eigenvalue weighted by atomic mass is 9.99. The molecule has 1 aromatic rings. The van der Waals surface area contributed by atoms with Crippen LogP contribution >= 0.6 is 24.0 Å². The number of nitrogens with zero attached hydrogens (tertiary/aromatic N) is 1. The lowest BCUT2D eigenvalue weighted by Crippen LogP contribution is -2.39. The van der Waals surface area contributed by atoms with Crippen LogP contribution in [0.2, 0.25) is 5.02 Å². The summed E-state index contributed by atoms with van der Waals surface area (Å²) in [6, 6.07) is 7.31. The van der Waals surface area contributed by atoms with Crippen LogP contribution in [-0.4, -0.2) is 29.8 Å². The van der Waals surface area contributed by atoms with E-state index in [-0.39, 0.29) is 24.2 Å². The normalized spacial score (nSPS) is 16.9. The van der Waals surface area contributed by atoms with Gasteiger partial charge in [-0.1, -0.05) is 24.9 Å². The molecule has 1 aliphatic rings. The van der Waals surface area contributed by atoms with Gasteiger partial charge in [-0.3, -0.25) is 9.69 Å². The first-order chi connectivity index (χ1) is 8.72. The van der Waals surface area contributed by atoms with Crippen LogP contribution in [-0.2, 0) is 0 Å². The molecule has 4 heteroatoms. The first-order valence-electron chi connectivity index (χ1n) is 6.76. The number of Topliss-reactive ketones (excluding diaryl/α,β-unsaturated/α-hetero) is 1. The minimum Gasteiger partial charge on any atom is -0.293 e. The molecule has 2 rings (SSSR count). The van der Waals surface area contributed by atoms with Crippen molar-refractivity contribution in [2.75, 3.05) is 13.1 Å². The third-order valence-corrected chi connectivity index (χ3v) is 3.83. The fourth-order valence-corrected chi connectivity index (χ4v) is 2.74. The van der Waals surface area contributed by atoms with Gasteiger partial charge in [0.2, 0.25) is 0 Å². The Bertz CT molecular complexity index is 399. The zero-order chi connectivity index (χ0) is 13.0. The van der Waals surface area contributed by atoms with E-state index in [0.29, 0.717) is 5.02 Å². The molecule has 1 saturated heterocycles. The molecule has 0 bridgehead atoms. The summed E-state index contributed by atoms with van der Waals surface area (Å²) in [5.74, 6) is 0.246. The van der Waals surface area contributed by atoms with Crippen LogP contribution in [0, 0.1) is 0 Å². The molecule has 1 heterocycles. The molecule has 1 aliphatic heterocycles. The maximum atomic E-state index is 12.5. The molecule has 106 valence electrons. The molecular formula is C15H21Cl2NO. The maximum absolute atomic E-state index is 12.5. The highest BCUT2D eigenvalue weighted by atomic mass is 35.5. The van der Waals surface area contributed by atoms with Gasteiger partial charge in [0.05, 0.1) is 6.04 Å². The Morgan fingerprint density at radius 1 is 1.26 bits per heavy atom. The Labute approximate surface area is 126 Å². The van der Waals surface area contributed by atoms with Crippen molar-refractivity contribution in [2.24, 2.45) is 0 Å². The zero-order valence-corrected chi connectivity index (χ0v) is 12.8. The molecule has 0 aliphatic carbocycles. The summed E-state index contributed by atoms with van der Waals surface area (Å²) >= 11 is 5.86. The van der Waals surface area contributed by atoms with E-state index < -0.39 is 0 Å². The number of carbonyl (C=O) groups is 1. The Hall–Kier alpha value is -0.570. The number of likely N-dealkylation sites (tertiary alicyclic amines) is 1. The van der Waals surface area contributed by atoms with Crippen LogP contribution in [0.3, 0.4) is 0 Å². The maximum Gasteiger partial charge on any atom is 0.179 e. The summed E-state index contributed by atoms with van der Waals surface area (Å²) in [5, 5.41) is 0.680. The van der Waals surface area contributed by atoms with E-state index in [1.165, 1.54) is 12.8 Å². The van der Waals surface area contributed by atoms with Gasteiger partial charge in [0, 0.05) is 10.6 Å². The highest BCUT2D eigenvalue weighted by Gasteiger charge is 2.27. The van der Waals surface area contributed by atoms with E-state index in [9.17, 15) is 4.79 Å². The van der Waals surface area contributed by atoms with Gasteiger partial charge in [0.25, 0.3) is 0 Å². The van der Waals surface area contributed by atoms with Crippen molar-refractivity contribution in [1.29, 1.82) is 0 Å². The van der Waals surface area contributed by atoms with Gasteiger partial charge < -0.3 is 0 Å². The standard InChI is InChI=1S/C15H20ClNO.ClH/c1-2-5-14(17-10-3-4-11-17)15(18)12-6-8-13(16)9-7-12;/h6-9,14H,2-5,10-11H2,1H3;1H/t14-;/m1./s1. The molecule has 1 atom stereocenters. The second kappa shape index (κ2) is 7.88. The Kier molecular flexibility index (Phi) is 6.84. The van der Waals surface area contributed by atoms with Crippen LogP contribution in [0.5, 0.6) is 0 Å². The first kappa shape index (κ1) is 16.5. The van der Waals surface area contributed by atoms with E-state index in [0.717, 1.165) is 31.5 Å². The molecule has 0 N–H and O–H groups in total. The van der Waals surface area contributed by atoms with Crippen molar-refractivity contribution in [3.8, 4) is 0 Å².